The Balaban J connectivity index is 2.08. The van der Waals surface area contributed by atoms with Gasteiger partial charge in [0.1, 0.15) is 5.69 Å². The third-order valence-corrected chi connectivity index (χ3v) is 3.24. The molecule has 1 heterocycles. The SMILES string of the molecule is N#Cc1nn(-c2ccc([N+](=O)[O-])cc2)[n+](-c2ccc([N+](=O)[O-])cc2)n1. The van der Waals surface area contributed by atoms with Crippen LogP contribution in [0.2, 0.25) is 0 Å². The zero-order chi connectivity index (χ0) is 18.0. The van der Waals surface area contributed by atoms with Crippen LogP contribution in [-0.4, -0.2) is 24.8 Å². The summed E-state index contributed by atoms with van der Waals surface area (Å²) >= 11 is 0. The molecule has 0 amide bonds. The van der Waals surface area contributed by atoms with E-state index in [4.69, 9.17) is 5.26 Å². The summed E-state index contributed by atoms with van der Waals surface area (Å²) in [6.45, 7) is 0. The van der Waals surface area contributed by atoms with Crippen molar-refractivity contribution in [3.63, 3.8) is 0 Å². The molecule has 3 rings (SSSR count). The second-order valence-electron chi connectivity index (χ2n) is 4.76. The van der Waals surface area contributed by atoms with Gasteiger partial charge in [0.05, 0.1) is 14.9 Å². The average molecular weight is 338 g/mol. The van der Waals surface area contributed by atoms with Crippen molar-refractivity contribution in [1.29, 1.82) is 5.26 Å². The van der Waals surface area contributed by atoms with Crippen molar-refractivity contribution >= 4 is 11.4 Å². The Labute approximate surface area is 139 Å². The monoisotopic (exact) mass is 338 g/mol. The summed E-state index contributed by atoms with van der Waals surface area (Å²) in [5.74, 6) is -0.128. The number of rotatable bonds is 4. The lowest BCUT2D eigenvalue weighted by Crippen LogP contribution is -2.43. The number of nitrogens with zero attached hydrogens (tertiary/aromatic N) is 7. The average Bonchev–Trinajstić information content (AvgIpc) is 3.06. The Morgan fingerprint density at radius 1 is 0.960 bits per heavy atom. The Hall–Kier alpha value is -4.20. The highest BCUT2D eigenvalue weighted by Crippen LogP contribution is 2.15. The number of benzene rings is 2. The van der Waals surface area contributed by atoms with Gasteiger partial charge in [-0.2, -0.15) is 5.26 Å². The summed E-state index contributed by atoms with van der Waals surface area (Å²) in [6.07, 6.45) is 0. The lowest BCUT2D eigenvalue weighted by molar-refractivity contribution is -0.735. The van der Waals surface area contributed by atoms with Crippen LogP contribution in [0.4, 0.5) is 11.4 Å². The van der Waals surface area contributed by atoms with Crippen LogP contribution in [0.15, 0.2) is 48.5 Å². The van der Waals surface area contributed by atoms with Gasteiger partial charge in [0.2, 0.25) is 0 Å². The quantitative estimate of drug-likeness (QED) is 0.395. The van der Waals surface area contributed by atoms with Gasteiger partial charge >= 0.3 is 5.82 Å². The first-order valence-electron chi connectivity index (χ1n) is 6.79. The van der Waals surface area contributed by atoms with Crippen molar-refractivity contribution in [3.8, 4) is 17.4 Å². The molecule has 0 bridgehead atoms. The van der Waals surface area contributed by atoms with E-state index in [0.717, 1.165) is 0 Å². The Bertz CT molecular complexity index is 928. The Kier molecular flexibility index (Phi) is 3.84. The van der Waals surface area contributed by atoms with Crippen LogP contribution in [0.1, 0.15) is 5.82 Å². The molecule has 0 fully saturated rings. The number of tetrazole rings is 1. The minimum atomic E-state index is -0.532. The molecule has 3 aromatic rings. The summed E-state index contributed by atoms with van der Waals surface area (Å²) in [6, 6.07) is 12.8. The number of non-ortho nitro benzene ring substituents is 2. The highest BCUT2D eigenvalue weighted by atomic mass is 16.6. The largest absolute Gasteiger partial charge is 0.409 e. The number of aromatic nitrogens is 4. The Morgan fingerprint density at radius 2 is 1.48 bits per heavy atom. The molecule has 0 N–H and O–H groups in total. The van der Waals surface area contributed by atoms with E-state index in [1.54, 1.807) is 6.07 Å². The first kappa shape index (κ1) is 15.7. The molecule has 11 heteroatoms. The van der Waals surface area contributed by atoms with E-state index in [-0.39, 0.29) is 17.2 Å². The van der Waals surface area contributed by atoms with Gasteiger partial charge in [0.15, 0.2) is 11.8 Å². The lowest BCUT2D eigenvalue weighted by Gasteiger charge is -1.99. The molecule has 0 aliphatic rings. The van der Waals surface area contributed by atoms with Crippen LogP contribution in [0, 0.1) is 31.6 Å². The molecule has 0 unspecified atom stereocenters. The van der Waals surface area contributed by atoms with E-state index in [0.29, 0.717) is 11.4 Å². The van der Waals surface area contributed by atoms with Crippen molar-refractivity contribution in [2.75, 3.05) is 0 Å². The van der Waals surface area contributed by atoms with Crippen molar-refractivity contribution in [3.05, 3.63) is 74.6 Å². The number of nitro benzene ring substituents is 2. The first-order chi connectivity index (χ1) is 12.0. The normalized spacial score (nSPS) is 10.2. The van der Waals surface area contributed by atoms with Crippen molar-refractivity contribution in [1.82, 2.24) is 15.0 Å². The second-order valence-corrected chi connectivity index (χ2v) is 4.76. The second kappa shape index (κ2) is 6.13. The molecule has 0 spiro atoms. The maximum Gasteiger partial charge on any atom is 0.409 e. The first-order valence-corrected chi connectivity index (χ1v) is 6.79. The van der Waals surface area contributed by atoms with Crippen LogP contribution in [0.25, 0.3) is 11.4 Å². The highest BCUT2D eigenvalue weighted by molar-refractivity contribution is 5.40. The van der Waals surface area contributed by atoms with Crippen LogP contribution in [0.3, 0.4) is 0 Å². The molecule has 0 radical (unpaired) electrons. The fourth-order valence-corrected chi connectivity index (χ4v) is 2.08. The predicted molar refractivity (Wildman–Crippen MR) is 80.9 cm³/mol. The number of nitriles is 1. The zero-order valence-corrected chi connectivity index (χ0v) is 12.4. The molecule has 122 valence electrons. The summed E-state index contributed by atoms with van der Waals surface area (Å²) in [7, 11) is 0. The van der Waals surface area contributed by atoms with Gasteiger partial charge in [0, 0.05) is 34.2 Å². The lowest BCUT2D eigenvalue weighted by atomic mass is 10.3. The van der Waals surface area contributed by atoms with Gasteiger partial charge in [-0.25, -0.2) is 0 Å². The number of nitro groups is 2. The zero-order valence-electron chi connectivity index (χ0n) is 12.4. The number of hydrogen-bond acceptors (Lipinski definition) is 7. The van der Waals surface area contributed by atoms with Crippen molar-refractivity contribution in [2.45, 2.75) is 0 Å². The molecule has 0 aliphatic carbocycles. The predicted octanol–water partition coefficient (Wildman–Crippen LogP) is 1.23. The van der Waals surface area contributed by atoms with Crippen molar-refractivity contribution < 1.29 is 14.6 Å². The molecule has 11 nitrogen and oxygen atoms in total. The van der Waals surface area contributed by atoms with Gasteiger partial charge in [-0.1, -0.05) is 0 Å². The van der Waals surface area contributed by atoms with Gasteiger partial charge in [-0.3, -0.25) is 20.2 Å². The summed E-state index contributed by atoms with van der Waals surface area (Å²) in [4.78, 5) is 23.0. The van der Waals surface area contributed by atoms with Crippen LogP contribution in [-0.2, 0) is 0 Å². The van der Waals surface area contributed by atoms with E-state index < -0.39 is 9.85 Å². The van der Waals surface area contributed by atoms with Crippen LogP contribution < -0.4 is 4.80 Å². The van der Waals surface area contributed by atoms with Gasteiger partial charge < -0.3 is 0 Å². The molecule has 2 aromatic carbocycles. The molecule has 1 aromatic heterocycles. The smallest absolute Gasteiger partial charge is 0.258 e. The topological polar surface area (TPSA) is 145 Å². The van der Waals surface area contributed by atoms with E-state index in [9.17, 15) is 20.2 Å². The minimum Gasteiger partial charge on any atom is -0.258 e. The third-order valence-electron chi connectivity index (χ3n) is 3.24. The Morgan fingerprint density at radius 3 is 1.96 bits per heavy atom. The van der Waals surface area contributed by atoms with Crippen molar-refractivity contribution in [2.24, 2.45) is 0 Å². The summed E-state index contributed by atoms with van der Waals surface area (Å²) in [5, 5.41) is 38.5. The minimum absolute atomic E-state index is 0.0914. The van der Waals surface area contributed by atoms with Gasteiger partial charge in [-0.05, 0) is 29.1 Å². The molecular formula is C14H8N7O4+. The van der Waals surface area contributed by atoms with E-state index in [2.05, 4.69) is 10.2 Å². The molecular weight excluding hydrogens is 330 g/mol. The standard InChI is InChI=1S/C14H8N7O4/c15-9-14-16-18(10-1-5-12(6-2-10)20(22)23)19(17-14)11-3-7-13(8-4-11)21(24)25/h1-8H/q+1. The number of hydrogen-bond donors (Lipinski definition) is 0. The molecule has 0 saturated carbocycles. The maximum absolute atomic E-state index is 10.7. The molecule has 0 atom stereocenters. The summed E-state index contributed by atoms with van der Waals surface area (Å²) < 4.78 is 0. The van der Waals surface area contributed by atoms with Gasteiger partial charge in [-0.15, -0.1) is 0 Å². The third kappa shape index (κ3) is 2.99. The van der Waals surface area contributed by atoms with E-state index >= 15 is 0 Å². The maximum atomic E-state index is 10.7. The summed E-state index contributed by atoms with van der Waals surface area (Å²) in [5.41, 5.74) is 0.674. The van der Waals surface area contributed by atoms with Crippen LogP contribution in [0.5, 0.6) is 0 Å². The fraction of sp³-hybridized carbons (Fsp3) is 0. The highest BCUT2D eigenvalue weighted by Gasteiger charge is 2.23. The van der Waals surface area contributed by atoms with E-state index in [1.165, 1.54) is 58.1 Å². The van der Waals surface area contributed by atoms with Gasteiger partial charge in [0.25, 0.3) is 11.4 Å². The molecule has 0 aliphatic heterocycles. The fourth-order valence-electron chi connectivity index (χ4n) is 2.08. The van der Waals surface area contributed by atoms with E-state index in [1.807, 2.05) is 0 Å². The van der Waals surface area contributed by atoms with Crippen LogP contribution >= 0.6 is 0 Å². The molecule has 0 saturated heterocycles. The molecule has 25 heavy (non-hydrogen) atoms.